The van der Waals surface area contributed by atoms with Crippen molar-refractivity contribution in [1.82, 2.24) is 0 Å². The summed E-state index contributed by atoms with van der Waals surface area (Å²) in [4.78, 5) is 0. The van der Waals surface area contributed by atoms with E-state index in [0.29, 0.717) is 71.0 Å². The Hall–Kier alpha value is -2.28. The normalized spacial score (nSPS) is 31.7. The molecule has 0 saturated carbocycles. The summed E-state index contributed by atoms with van der Waals surface area (Å²) in [5.41, 5.74) is 0.929. The number of hydrogen-bond donors (Lipinski definition) is 0. The van der Waals surface area contributed by atoms with Crippen LogP contribution in [0.5, 0.6) is 11.5 Å². The van der Waals surface area contributed by atoms with Gasteiger partial charge in [-0.05, 0) is 12.1 Å². The van der Waals surface area contributed by atoms with E-state index in [1.54, 1.807) is 7.11 Å². The van der Waals surface area contributed by atoms with Crippen molar-refractivity contribution < 1.29 is 47.4 Å². The van der Waals surface area contributed by atoms with Crippen LogP contribution in [0.4, 0.5) is 0 Å². The Morgan fingerprint density at radius 3 is 1.87 bits per heavy atom. The molecule has 0 radical (unpaired) electrons. The summed E-state index contributed by atoms with van der Waals surface area (Å²) in [5, 5.41) is 0. The molecule has 6 atom stereocenters. The first-order valence-corrected chi connectivity index (χ1v) is 13.1. The van der Waals surface area contributed by atoms with Crippen LogP contribution in [0, 0.1) is 0 Å². The fourth-order valence-electron chi connectivity index (χ4n) is 4.68. The number of methoxy groups -OCH3 is 1. The highest BCUT2D eigenvalue weighted by molar-refractivity contribution is 5.39. The highest BCUT2D eigenvalue weighted by Gasteiger charge is 2.51. The van der Waals surface area contributed by atoms with Gasteiger partial charge in [0.15, 0.2) is 24.1 Å². The zero-order valence-corrected chi connectivity index (χ0v) is 21.6. The van der Waals surface area contributed by atoms with Crippen molar-refractivity contribution in [2.24, 2.45) is 0 Å². The molecule has 5 rings (SSSR count). The predicted molar refractivity (Wildman–Crippen MR) is 134 cm³/mol. The molecule has 0 spiro atoms. The lowest BCUT2D eigenvalue weighted by molar-refractivity contribution is -0.368. The predicted octanol–water partition coefficient (Wildman–Crippen LogP) is 2.75. The highest BCUT2D eigenvalue weighted by Crippen LogP contribution is 2.36. The van der Waals surface area contributed by atoms with E-state index in [-0.39, 0.29) is 6.10 Å². The minimum absolute atomic E-state index is 0.319. The van der Waals surface area contributed by atoms with Crippen molar-refractivity contribution in [1.29, 1.82) is 0 Å². The minimum atomic E-state index is -0.651. The first-order valence-electron chi connectivity index (χ1n) is 13.1. The maximum absolute atomic E-state index is 6.39. The van der Waals surface area contributed by atoms with Crippen LogP contribution in [-0.4, -0.2) is 97.3 Å². The molecule has 0 unspecified atom stereocenters. The fourth-order valence-corrected chi connectivity index (χ4v) is 4.68. The number of benzene rings is 2. The molecule has 2 fully saturated rings. The van der Waals surface area contributed by atoms with Gasteiger partial charge in [0, 0.05) is 12.7 Å². The summed E-state index contributed by atoms with van der Waals surface area (Å²) in [6.07, 6.45) is -2.98. The number of hydrogen-bond acceptors (Lipinski definition) is 10. The van der Waals surface area contributed by atoms with Gasteiger partial charge in [0.1, 0.15) is 37.6 Å². The molecule has 0 aliphatic carbocycles. The summed E-state index contributed by atoms with van der Waals surface area (Å²) < 4.78 is 60.0. The largest absolute Gasteiger partial charge is 0.487 e. The van der Waals surface area contributed by atoms with Gasteiger partial charge < -0.3 is 47.4 Å². The van der Waals surface area contributed by atoms with Crippen molar-refractivity contribution in [3.63, 3.8) is 0 Å². The average molecular weight is 533 g/mol. The Morgan fingerprint density at radius 2 is 1.21 bits per heavy atom. The van der Waals surface area contributed by atoms with Gasteiger partial charge in [0.05, 0.1) is 46.2 Å². The van der Waals surface area contributed by atoms with Crippen LogP contribution in [0.3, 0.4) is 0 Å². The number of ether oxygens (including phenoxy) is 10. The Bertz CT molecular complexity index is 960. The molecule has 0 amide bonds. The van der Waals surface area contributed by atoms with Gasteiger partial charge in [0.25, 0.3) is 0 Å². The molecule has 3 aliphatic heterocycles. The zero-order valence-electron chi connectivity index (χ0n) is 21.6. The quantitative estimate of drug-likeness (QED) is 0.575. The minimum Gasteiger partial charge on any atom is -0.487 e. The maximum atomic E-state index is 6.39. The SMILES string of the molecule is CO[C@@H]1O[C@@H]2CO[C@@H](c3ccccc3)O[C@H]2[C@@H]2OCCOCCOc3ccccc3OCCOCCO[C@@H]12. The monoisotopic (exact) mass is 532 g/mol. The third kappa shape index (κ3) is 7.02. The molecule has 0 aromatic heterocycles. The second kappa shape index (κ2) is 14.2. The van der Waals surface area contributed by atoms with Gasteiger partial charge in [-0.25, -0.2) is 0 Å². The second-order valence-corrected chi connectivity index (χ2v) is 8.99. The average Bonchev–Trinajstić information content (AvgIpc) is 2.96. The third-order valence-corrected chi connectivity index (χ3v) is 6.48. The molecule has 10 heteroatoms. The van der Waals surface area contributed by atoms with Gasteiger partial charge in [0.2, 0.25) is 0 Å². The molecule has 0 bridgehead atoms. The fraction of sp³-hybridized carbons (Fsp3) is 0.571. The molecular formula is C28H36O10. The van der Waals surface area contributed by atoms with E-state index >= 15 is 0 Å². The van der Waals surface area contributed by atoms with Crippen LogP contribution < -0.4 is 9.47 Å². The van der Waals surface area contributed by atoms with Crippen molar-refractivity contribution in [2.75, 3.05) is 66.6 Å². The van der Waals surface area contributed by atoms with E-state index < -0.39 is 30.9 Å². The number of fused-ring (bicyclic) bond motifs is 4. The Kier molecular flexibility index (Phi) is 10.2. The molecule has 2 saturated heterocycles. The van der Waals surface area contributed by atoms with E-state index in [1.165, 1.54) is 0 Å². The molecular weight excluding hydrogens is 496 g/mol. The summed E-state index contributed by atoms with van der Waals surface area (Å²) in [6.45, 7) is 3.32. The smallest absolute Gasteiger partial charge is 0.186 e. The molecule has 208 valence electrons. The summed E-state index contributed by atoms with van der Waals surface area (Å²) in [5.74, 6) is 1.34. The zero-order chi connectivity index (χ0) is 26.0. The lowest BCUT2D eigenvalue weighted by Gasteiger charge is -2.48. The standard InChI is InChI=1S/C28H36O10/c1-29-28-26-25(24-23(37-28)19-36-27(38-24)20-7-3-2-4-8-20)34-17-13-30-11-15-32-21-9-5-6-10-22(21)33-16-12-31-14-18-35-26/h2-10,23-28H,11-19H2,1H3/t23-,24-,25+,26-,27-,28-/m1/s1. The molecule has 2 aromatic rings. The summed E-state index contributed by atoms with van der Waals surface area (Å²) in [6, 6.07) is 17.4. The first-order chi connectivity index (χ1) is 18.8. The molecule has 3 heterocycles. The summed E-state index contributed by atoms with van der Waals surface area (Å²) >= 11 is 0. The Balaban J connectivity index is 1.26. The molecule has 38 heavy (non-hydrogen) atoms. The highest BCUT2D eigenvalue weighted by atomic mass is 16.8. The van der Waals surface area contributed by atoms with Crippen molar-refractivity contribution in [3.8, 4) is 11.5 Å². The lowest BCUT2D eigenvalue weighted by Crippen LogP contribution is -2.63. The molecule has 2 aromatic carbocycles. The van der Waals surface area contributed by atoms with Crippen LogP contribution in [-0.2, 0) is 37.9 Å². The van der Waals surface area contributed by atoms with E-state index in [2.05, 4.69) is 0 Å². The molecule has 10 nitrogen and oxygen atoms in total. The van der Waals surface area contributed by atoms with Crippen LogP contribution in [0.2, 0.25) is 0 Å². The summed E-state index contributed by atoms with van der Waals surface area (Å²) in [7, 11) is 1.59. The van der Waals surface area contributed by atoms with Crippen LogP contribution in [0.25, 0.3) is 0 Å². The second-order valence-electron chi connectivity index (χ2n) is 8.99. The van der Waals surface area contributed by atoms with Gasteiger partial charge in [-0.1, -0.05) is 42.5 Å². The van der Waals surface area contributed by atoms with E-state index in [1.807, 2.05) is 54.6 Å². The molecule has 3 aliphatic rings. The lowest BCUT2D eigenvalue weighted by atomic mass is 9.97. The van der Waals surface area contributed by atoms with Gasteiger partial charge in [-0.15, -0.1) is 0 Å². The number of rotatable bonds is 2. The number of para-hydroxylation sites is 2. The van der Waals surface area contributed by atoms with Crippen molar-refractivity contribution in [3.05, 3.63) is 60.2 Å². The van der Waals surface area contributed by atoms with Crippen LogP contribution >= 0.6 is 0 Å². The third-order valence-electron chi connectivity index (χ3n) is 6.48. The topological polar surface area (TPSA) is 92.3 Å². The Labute approximate surface area is 222 Å². The first kappa shape index (κ1) is 27.3. The van der Waals surface area contributed by atoms with Gasteiger partial charge in [-0.3, -0.25) is 0 Å². The van der Waals surface area contributed by atoms with Crippen molar-refractivity contribution >= 4 is 0 Å². The van der Waals surface area contributed by atoms with E-state index in [9.17, 15) is 0 Å². The van der Waals surface area contributed by atoms with Crippen LogP contribution in [0.15, 0.2) is 54.6 Å². The van der Waals surface area contributed by atoms with E-state index in [4.69, 9.17) is 47.4 Å². The molecule has 0 N–H and O–H groups in total. The Morgan fingerprint density at radius 1 is 0.605 bits per heavy atom. The van der Waals surface area contributed by atoms with Gasteiger partial charge >= 0.3 is 0 Å². The van der Waals surface area contributed by atoms with E-state index in [0.717, 1.165) is 5.56 Å². The van der Waals surface area contributed by atoms with Crippen molar-refractivity contribution in [2.45, 2.75) is 37.0 Å². The van der Waals surface area contributed by atoms with Crippen LogP contribution in [0.1, 0.15) is 11.9 Å². The van der Waals surface area contributed by atoms with Gasteiger partial charge in [-0.2, -0.15) is 0 Å². The maximum Gasteiger partial charge on any atom is 0.186 e.